The largest absolute Gasteiger partial charge is 0.480 e. The van der Waals surface area contributed by atoms with Gasteiger partial charge in [-0.2, -0.15) is 11.8 Å². The first-order valence-corrected chi connectivity index (χ1v) is 8.19. The lowest BCUT2D eigenvalue weighted by atomic mass is 9.96. The number of carbonyl (C=O) groups is 2. The Morgan fingerprint density at radius 2 is 2.25 bits per heavy atom. The molecule has 1 fully saturated rings. The highest BCUT2D eigenvalue weighted by Crippen LogP contribution is 2.19. The fourth-order valence-corrected chi connectivity index (χ4v) is 2.73. The number of urea groups is 1. The number of piperidine rings is 1. The summed E-state index contributed by atoms with van der Waals surface area (Å²) in [4.78, 5) is 24.9. The average molecular weight is 304 g/mol. The lowest BCUT2D eigenvalue weighted by Gasteiger charge is -2.36. The first-order valence-electron chi connectivity index (χ1n) is 6.79. The van der Waals surface area contributed by atoms with E-state index >= 15 is 0 Å². The SMILES string of the molecule is COC1CN(C(=O)N[C@H](CCSC)C(=O)O)CCC1C. The molecule has 0 spiro atoms. The Morgan fingerprint density at radius 3 is 2.80 bits per heavy atom. The van der Waals surface area contributed by atoms with Gasteiger partial charge in [0.2, 0.25) is 0 Å². The molecule has 6 nitrogen and oxygen atoms in total. The molecular formula is C13H24N2O4S. The molecule has 1 aliphatic heterocycles. The molecule has 0 bridgehead atoms. The zero-order chi connectivity index (χ0) is 15.1. The monoisotopic (exact) mass is 304 g/mol. The van der Waals surface area contributed by atoms with Crippen molar-refractivity contribution in [3.05, 3.63) is 0 Å². The number of hydrogen-bond donors (Lipinski definition) is 2. The van der Waals surface area contributed by atoms with E-state index in [0.29, 0.717) is 31.2 Å². The van der Waals surface area contributed by atoms with Crippen LogP contribution in [0.5, 0.6) is 0 Å². The second kappa shape index (κ2) is 8.36. The van der Waals surface area contributed by atoms with E-state index in [0.717, 1.165) is 6.42 Å². The van der Waals surface area contributed by atoms with Gasteiger partial charge in [-0.05, 0) is 30.8 Å². The van der Waals surface area contributed by atoms with Crippen LogP contribution < -0.4 is 5.32 Å². The zero-order valence-corrected chi connectivity index (χ0v) is 13.1. The Bertz CT molecular complexity index is 340. The standard InChI is InChI=1S/C13H24N2O4S/c1-9-4-6-15(8-11(9)19-2)13(18)14-10(12(16)17)5-7-20-3/h9-11H,4-8H2,1-3H3,(H,14,18)(H,16,17)/t9?,10-,11?/m1/s1. The van der Waals surface area contributed by atoms with Crippen LogP contribution in [0.3, 0.4) is 0 Å². The summed E-state index contributed by atoms with van der Waals surface area (Å²) in [5.41, 5.74) is 0. The Hall–Kier alpha value is -0.950. The van der Waals surface area contributed by atoms with Gasteiger partial charge in [0.1, 0.15) is 6.04 Å². The molecule has 3 atom stereocenters. The van der Waals surface area contributed by atoms with E-state index < -0.39 is 12.0 Å². The van der Waals surface area contributed by atoms with Gasteiger partial charge in [-0.25, -0.2) is 9.59 Å². The predicted octanol–water partition coefficient (Wildman–Crippen LogP) is 1.26. The van der Waals surface area contributed by atoms with E-state index in [-0.39, 0.29) is 12.1 Å². The summed E-state index contributed by atoms with van der Waals surface area (Å²) in [6.07, 6.45) is 3.23. The van der Waals surface area contributed by atoms with Gasteiger partial charge < -0.3 is 20.1 Å². The minimum Gasteiger partial charge on any atom is -0.480 e. The summed E-state index contributed by atoms with van der Waals surface area (Å²) >= 11 is 1.57. The molecule has 20 heavy (non-hydrogen) atoms. The van der Waals surface area contributed by atoms with Crippen molar-refractivity contribution in [1.82, 2.24) is 10.2 Å². The third kappa shape index (κ3) is 4.86. The number of amides is 2. The van der Waals surface area contributed by atoms with Crippen LogP contribution in [-0.4, -0.2) is 66.4 Å². The topological polar surface area (TPSA) is 78.9 Å². The van der Waals surface area contributed by atoms with Crippen molar-refractivity contribution in [2.75, 3.05) is 32.2 Å². The minimum absolute atomic E-state index is 0.0176. The molecule has 2 N–H and O–H groups in total. The first kappa shape index (κ1) is 17.1. The Balaban J connectivity index is 2.53. The number of carboxylic acid groups (broad SMARTS) is 1. The number of thioether (sulfide) groups is 1. The number of aliphatic carboxylic acids is 1. The van der Waals surface area contributed by atoms with E-state index in [2.05, 4.69) is 12.2 Å². The first-order chi connectivity index (χ1) is 9.49. The maximum atomic E-state index is 12.1. The average Bonchev–Trinajstić information content (AvgIpc) is 2.43. The second-order valence-electron chi connectivity index (χ2n) is 5.11. The molecule has 1 aliphatic rings. The smallest absolute Gasteiger partial charge is 0.326 e. The lowest BCUT2D eigenvalue weighted by molar-refractivity contribution is -0.139. The van der Waals surface area contributed by atoms with E-state index in [1.54, 1.807) is 23.8 Å². The molecule has 0 aromatic heterocycles. The van der Waals surface area contributed by atoms with Gasteiger partial charge in [0.25, 0.3) is 0 Å². The zero-order valence-electron chi connectivity index (χ0n) is 12.3. The molecule has 0 aliphatic carbocycles. The summed E-state index contributed by atoms with van der Waals surface area (Å²) in [7, 11) is 1.64. The summed E-state index contributed by atoms with van der Waals surface area (Å²) < 4.78 is 5.36. The van der Waals surface area contributed by atoms with Crippen LogP contribution in [0.1, 0.15) is 19.8 Å². The lowest BCUT2D eigenvalue weighted by Crippen LogP contribution is -2.53. The Labute approximate surface area is 124 Å². The van der Waals surface area contributed by atoms with Gasteiger partial charge in [-0.15, -0.1) is 0 Å². The van der Waals surface area contributed by atoms with Gasteiger partial charge in [-0.3, -0.25) is 0 Å². The molecule has 1 rings (SSSR count). The van der Waals surface area contributed by atoms with Gasteiger partial charge in [0, 0.05) is 20.2 Å². The molecule has 0 radical (unpaired) electrons. The molecule has 0 aromatic rings. The summed E-state index contributed by atoms with van der Waals surface area (Å²) in [6.45, 7) is 3.25. The van der Waals surface area contributed by atoms with E-state index in [1.165, 1.54) is 0 Å². The van der Waals surface area contributed by atoms with Crippen molar-refractivity contribution in [3.8, 4) is 0 Å². The van der Waals surface area contributed by atoms with Crippen LogP contribution in [0, 0.1) is 5.92 Å². The van der Waals surface area contributed by atoms with Crippen molar-refractivity contribution in [3.63, 3.8) is 0 Å². The highest BCUT2D eigenvalue weighted by molar-refractivity contribution is 7.98. The second-order valence-corrected chi connectivity index (χ2v) is 6.09. The van der Waals surface area contributed by atoms with E-state index in [9.17, 15) is 9.59 Å². The molecule has 1 saturated heterocycles. The van der Waals surface area contributed by atoms with Gasteiger partial charge in [0.05, 0.1) is 6.10 Å². The molecular weight excluding hydrogens is 280 g/mol. The maximum absolute atomic E-state index is 12.1. The third-order valence-electron chi connectivity index (χ3n) is 3.69. The van der Waals surface area contributed by atoms with Crippen LogP contribution in [0.4, 0.5) is 4.79 Å². The van der Waals surface area contributed by atoms with Crippen LogP contribution in [-0.2, 0) is 9.53 Å². The molecule has 0 saturated carbocycles. The van der Waals surface area contributed by atoms with Crippen LogP contribution in [0.25, 0.3) is 0 Å². The predicted molar refractivity (Wildman–Crippen MR) is 79.1 cm³/mol. The van der Waals surface area contributed by atoms with Crippen LogP contribution >= 0.6 is 11.8 Å². The summed E-state index contributed by atoms with van der Waals surface area (Å²) in [5.74, 6) is 0.131. The maximum Gasteiger partial charge on any atom is 0.326 e. The van der Waals surface area contributed by atoms with Crippen molar-refractivity contribution in [2.45, 2.75) is 31.9 Å². The van der Waals surface area contributed by atoms with Crippen molar-refractivity contribution >= 4 is 23.8 Å². The molecule has 1 heterocycles. The number of carboxylic acids is 1. The van der Waals surface area contributed by atoms with Crippen molar-refractivity contribution in [2.24, 2.45) is 5.92 Å². The van der Waals surface area contributed by atoms with Crippen molar-refractivity contribution < 1.29 is 19.4 Å². The minimum atomic E-state index is -0.985. The molecule has 2 amide bonds. The van der Waals surface area contributed by atoms with Gasteiger partial charge in [0.15, 0.2) is 0 Å². The summed E-state index contributed by atoms with van der Waals surface area (Å²) in [6, 6.07) is -1.14. The number of rotatable bonds is 6. The fraction of sp³-hybridized carbons (Fsp3) is 0.846. The number of methoxy groups -OCH3 is 1. The number of ether oxygens (including phenoxy) is 1. The van der Waals surface area contributed by atoms with Crippen molar-refractivity contribution in [1.29, 1.82) is 0 Å². The summed E-state index contributed by atoms with van der Waals surface area (Å²) in [5, 5.41) is 11.7. The van der Waals surface area contributed by atoms with Crippen LogP contribution in [0.2, 0.25) is 0 Å². The number of nitrogens with one attached hydrogen (secondary N) is 1. The van der Waals surface area contributed by atoms with E-state index in [4.69, 9.17) is 9.84 Å². The fourth-order valence-electron chi connectivity index (χ4n) is 2.26. The number of nitrogens with zero attached hydrogens (tertiary/aromatic N) is 1. The van der Waals surface area contributed by atoms with Crippen LogP contribution in [0.15, 0.2) is 0 Å². The van der Waals surface area contributed by atoms with Gasteiger partial charge >= 0.3 is 12.0 Å². The quantitative estimate of drug-likeness (QED) is 0.772. The molecule has 7 heteroatoms. The van der Waals surface area contributed by atoms with Gasteiger partial charge in [-0.1, -0.05) is 6.92 Å². The highest BCUT2D eigenvalue weighted by Gasteiger charge is 2.30. The van der Waals surface area contributed by atoms with E-state index in [1.807, 2.05) is 6.26 Å². The number of likely N-dealkylation sites (tertiary alicyclic amines) is 1. The number of hydrogen-bond acceptors (Lipinski definition) is 4. The molecule has 116 valence electrons. The molecule has 0 aromatic carbocycles. The molecule has 2 unspecified atom stereocenters. The number of carbonyl (C=O) groups excluding carboxylic acids is 1. The Morgan fingerprint density at radius 1 is 1.55 bits per heavy atom. The third-order valence-corrected chi connectivity index (χ3v) is 4.33. The normalized spacial score (nSPS) is 24.2. The Kier molecular flexibility index (Phi) is 7.15. The highest BCUT2D eigenvalue weighted by atomic mass is 32.2.